The van der Waals surface area contributed by atoms with Crippen LogP contribution in [0.2, 0.25) is 0 Å². The van der Waals surface area contributed by atoms with Crippen molar-refractivity contribution in [2.24, 2.45) is 0 Å². The molecule has 118 valence electrons. The zero-order valence-electron chi connectivity index (χ0n) is 13.5. The van der Waals surface area contributed by atoms with Gasteiger partial charge in [-0.25, -0.2) is 0 Å². The first-order chi connectivity index (χ1) is 10.3. The fraction of sp³-hybridized carbons (Fsp3) is 0.778. The third kappa shape index (κ3) is 3.51. The lowest BCUT2D eigenvalue weighted by Gasteiger charge is -2.48. The molecule has 0 atom stereocenters. The Kier molecular flexibility index (Phi) is 5.02. The molecule has 1 N–H and O–H groups in total. The lowest BCUT2D eigenvalue weighted by Crippen LogP contribution is -2.57. The van der Waals surface area contributed by atoms with E-state index in [9.17, 15) is 0 Å². The van der Waals surface area contributed by atoms with Gasteiger partial charge in [0.15, 0.2) is 0 Å². The third-order valence-electron chi connectivity index (χ3n) is 5.52. The maximum absolute atomic E-state index is 5.56. The number of hydrogen-bond acceptors (Lipinski definition) is 3. The van der Waals surface area contributed by atoms with Crippen LogP contribution in [0, 0.1) is 6.92 Å². The van der Waals surface area contributed by atoms with Gasteiger partial charge in [0, 0.05) is 12.1 Å². The van der Waals surface area contributed by atoms with Crippen LogP contribution in [-0.4, -0.2) is 30.1 Å². The van der Waals surface area contributed by atoms with Crippen molar-refractivity contribution in [3.05, 3.63) is 23.7 Å². The lowest BCUT2D eigenvalue weighted by molar-refractivity contribution is 0.0330. The van der Waals surface area contributed by atoms with Crippen LogP contribution in [0.1, 0.15) is 62.7 Å². The Bertz CT molecular complexity index is 428. The second kappa shape index (κ2) is 6.97. The van der Waals surface area contributed by atoms with Gasteiger partial charge in [-0.3, -0.25) is 4.90 Å². The fourth-order valence-electron chi connectivity index (χ4n) is 4.18. The molecule has 0 radical (unpaired) electrons. The third-order valence-corrected chi connectivity index (χ3v) is 5.52. The maximum Gasteiger partial charge on any atom is 0.120 e. The fourth-order valence-corrected chi connectivity index (χ4v) is 4.18. The van der Waals surface area contributed by atoms with E-state index in [0.717, 1.165) is 18.8 Å². The summed E-state index contributed by atoms with van der Waals surface area (Å²) in [5.41, 5.74) is 1.68. The first kappa shape index (κ1) is 15.1. The van der Waals surface area contributed by atoms with E-state index in [-0.39, 0.29) is 0 Å². The molecule has 2 heterocycles. The topological polar surface area (TPSA) is 28.4 Å². The summed E-state index contributed by atoms with van der Waals surface area (Å²) in [5, 5.41) is 3.70. The SMILES string of the molecule is Cc1ccoc1CNCC1(N2CCCCC2)CCCCC1. The van der Waals surface area contributed by atoms with E-state index in [1.54, 1.807) is 6.26 Å². The Morgan fingerprint density at radius 1 is 1.10 bits per heavy atom. The van der Waals surface area contributed by atoms with Crippen LogP contribution in [0.15, 0.2) is 16.7 Å². The van der Waals surface area contributed by atoms with Crippen molar-refractivity contribution in [2.45, 2.75) is 70.4 Å². The summed E-state index contributed by atoms with van der Waals surface area (Å²) in [4.78, 5) is 2.80. The van der Waals surface area contributed by atoms with E-state index in [2.05, 4.69) is 23.2 Å². The molecule has 0 unspecified atom stereocenters. The molecule has 1 aliphatic carbocycles. The Morgan fingerprint density at radius 3 is 2.48 bits per heavy atom. The highest BCUT2D eigenvalue weighted by atomic mass is 16.3. The molecule has 21 heavy (non-hydrogen) atoms. The average molecular weight is 290 g/mol. The van der Waals surface area contributed by atoms with Crippen molar-refractivity contribution >= 4 is 0 Å². The molecular weight excluding hydrogens is 260 g/mol. The van der Waals surface area contributed by atoms with Crippen LogP contribution in [0.3, 0.4) is 0 Å². The summed E-state index contributed by atoms with van der Waals surface area (Å²) in [7, 11) is 0. The molecule has 3 heteroatoms. The van der Waals surface area contributed by atoms with Crippen molar-refractivity contribution in [1.29, 1.82) is 0 Å². The number of hydrogen-bond donors (Lipinski definition) is 1. The van der Waals surface area contributed by atoms with Crippen LogP contribution in [0.5, 0.6) is 0 Å². The Labute approximate surface area is 129 Å². The average Bonchev–Trinajstić information content (AvgIpc) is 2.95. The number of aryl methyl sites for hydroxylation is 1. The van der Waals surface area contributed by atoms with E-state index >= 15 is 0 Å². The van der Waals surface area contributed by atoms with E-state index in [4.69, 9.17) is 4.42 Å². The van der Waals surface area contributed by atoms with Crippen LogP contribution in [0.4, 0.5) is 0 Å². The molecular formula is C18H30N2O. The van der Waals surface area contributed by atoms with Crippen molar-refractivity contribution < 1.29 is 4.42 Å². The Hall–Kier alpha value is -0.800. The van der Waals surface area contributed by atoms with Gasteiger partial charge < -0.3 is 9.73 Å². The number of rotatable bonds is 5. The molecule has 0 aromatic carbocycles. The van der Waals surface area contributed by atoms with Crippen molar-refractivity contribution in [3.8, 4) is 0 Å². The highest BCUT2D eigenvalue weighted by Gasteiger charge is 2.37. The minimum atomic E-state index is 0.416. The predicted molar refractivity (Wildman–Crippen MR) is 86.4 cm³/mol. The molecule has 1 saturated heterocycles. The molecule has 3 rings (SSSR count). The van der Waals surface area contributed by atoms with Gasteiger partial charge in [-0.1, -0.05) is 25.7 Å². The highest BCUT2D eigenvalue weighted by molar-refractivity contribution is 5.14. The number of piperidine rings is 1. The Balaban J connectivity index is 1.60. The van der Waals surface area contributed by atoms with E-state index in [1.165, 1.54) is 70.0 Å². The van der Waals surface area contributed by atoms with Crippen LogP contribution >= 0.6 is 0 Å². The number of likely N-dealkylation sites (tertiary alicyclic amines) is 1. The van der Waals surface area contributed by atoms with E-state index in [0.29, 0.717) is 5.54 Å². The predicted octanol–water partition coefficient (Wildman–Crippen LogP) is 3.87. The highest BCUT2D eigenvalue weighted by Crippen LogP contribution is 2.35. The molecule has 1 aromatic heterocycles. The molecule has 0 spiro atoms. The molecule has 2 fully saturated rings. The van der Waals surface area contributed by atoms with Gasteiger partial charge in [-0.05, 0) is 57.3 Å². The van der Waals surface area contributed by atoms with Crippen molar-refractivity contribution in [1.82, 2.24) is 10.2 Å². The smallest absolute Gasteiger partial charge is 0.120 e. The van der Waals surface area contributed by atoms with Gasteiger partial charge in [0.2, 0.25) is 0 Å². The summed E-state index contributed by atoms with van der Waals surface area (Å²) in [6.45, 7) is 6.73. The summed E-state index contributed by atoms with van der Waals surface area (Å²) in [6, 6.07) is 2.05. The molecule has 1 aromatic rings. The summed E-state index contributed by atoms with van der Waals surface area (Å²) in [6.07, 6.45) is 13.0. The number of nitrogens with zero attached hydrogens (tertiary/aromatic N) is 1. The first-order valence-corrected chi connectivity index (χ1v) is 8.79. The van der Waals surface area contributed by atoms with Gasteiger partial charge in [0.05, 0.1) is 12.8 Å². The number of furan rings is 1. The summed E-state index contributed by atoms with van der Waals surface area (Å²) < 4.78 is 5.56. The van der Waals surface area contributed by atoms with Crippen LogP contribution in [0.25, 0.3) is 0 Å². The van der Waals surface area contributed by atoms with Crippen molar-refractivity contribution in [2.75, 3.05) is 19.6 Å². The van der Waals surface area contributed by atoms with E-state index in [1.807, 2.05) is 0 Å². The largest absolute Gasteiger partial charge is 0.468 e. The quantitative estimate of drug-likeness (QED) is 0.892. The van der Waals surface area contributed by atoms with Crippen LogP contribution < -0.4 is 5.32 Å². The standard InChI is InChI=1S/C18H30N2O/c1-16-8-13-21-17(16)14-19-15-18(9-4-2-5-10-18)20-11-6-3-7-12-20/h8,13,19H,2-7,9-12,14-15H2,1H3. The summed E-state index contributed by atoms with van der Waals surface area (Å²) >= 11 is 0. The van der Waals surface area contributed by atoms with Gasteiger partial charge in [0.25, 0.3) is 0 Å². The first-order valence-electron chi connectivity index (χ1n) is 8.79. The molecule has 0 bridgehead atoms. The van der Waals surface area contributed by atoms with Gasteiger partial charge >= 0.3 is 0 Å². The van der Waals surface area contributed by atoms with Gasteiger partial charge in [0.1, 0.15) is 5.76 Å². The second-order valence-corrected chi connectivity index (χ2v) is 6.96. The Morgan fingerprint density at radius 2 is 1.81 bits per heavy atom. The zero-order valence-corrected chi connectivity index (χ0v) is 13.5. The minimum Gasteiger partial charge on any atom is -0.468 e. The monoisotopic (exact) mass is 290 g/mol. The van der Waals surface area contributed by atoms with Gasteiger partial charge in [-0.15, -0.1) is 0 Å². The lowest BCUT2D eigenvalue weighted by atomic mass is 9.79. The molecule has 3 nitrogen and oxygen atoms in total. The molecule has 1 saturated carbocycles. The van der Waals surface area contributed by atoms with Crippen molar-refractivity contribution in [3.63, 3.8) is 0 Å². The van der Waals surface area contributed by atoms with E-state index < -0.39 is 0 Å². The normalized spacial score (nSPS) is 23.3. The molecule has 0 amide bonds. The second-order valence-electron chi connectivity index (χ2n) is 6.96. The summed E-state index contributed by atoms with van der Waals surface area (Å²) in [5.74, 6) is 1.10. The van der Waals surface area contributed by atoms with Gasteiger partial charge in [-0.2, -0.15) is 0 Å². The maximum atomic E-state index is 5.56. The van der Waals surface area contributed by atoms with Crippen LogP contribution in [-0.2, 0) is 6.54 Å². The molecule has 1 aliphatic heterocycles. The zero-order chi connectivity index (χ0) is 14.5. The number of nitrogens with one attached hydrogen (secondary N) is 1. The molecule has 2 aliphatic rings. The minimum absolute atomic E-state index is 0.416.